The fourth-order valence-electron chi connectivity index (χ4n) is 1.21. The van der Waals surface area contributed by atoms with Gasteiger partial charge in [-0.1, -0.05) is 6.92 Å². The van der Waals surface area contributed by atoms with Gasteiger partial charge >= 0.3 is 0 Å². The smallest absolute Gasteiger partial charge is 0.0556 e. The summed E-state index contributed by atoms with van der Waals surface area (Å²) < 4.78 is 0. The third kappa shape index (κ3) is 11.9. The molecule has 0 rings (SSSR count). The van der Waals surface area contributed by atoms with Gasteiger partial charge in [0.25, 0.3) is 0 Å². The molecule has 0 spiro atoms. The number of hydrogen-bond acceptors (Lipinski definition) is 2. The number of nitrogens with zero attached hydrogens (tertiary/aromatic N) is 2. The first kappa shape index (κ1) is 24.9. The van der Waals surface area contributed by atoms with Crippen molar-refractivity contribution in [2.45, 2.75) is 60.0 Å². The second kappa shape index (κ2) is 12.9. The zero-order valence-electron chi connectivity index (χ0n) is 12.1. The van der Waals surface area contributed by atoms with Gasteiger partial charge in [0.15, 0.2) is 0 Å². The molecule has 16 heavy (non-hydrogen) atoms. The molecule has 0 bridgehead atoms. The van der Waals surface area contributed by atoms with E-state index in [9.17, 15) is 0 Å². The summed E-state index contributed by atoms with van der Waals surface area (Å²) in [5, 5.41) is 0. The summed E-state index contributed by atoms with van der Waals surface area (Å²) in [6, 6.07) is 0.733. The van der Waals surface area contributed by atoms with E-state index in [2.05, 4.69) is 44.6 Å². The van der Waals surface area contributed by atoms with Crippen LogP contribution in [-0.4, -0.2) is 23.5 Å². The third-order valence-corrected chi connectivity index (χ3v) is 1.62. The van der Waals surface area contributed by atoms with Crippen molar-refractivity contribution < 1.29 is 16.8 Å². The molecule has 0 aliphatic rings. The van der Waals surface area contributed by atoms with Crippen molar-refractivity contribution in [1.82, 2.24) is 0 Å². The van der Waals surface area contributed by atoms with Gasteiger partial charge in [-0.3, -0.25) is 9.98 Å². The van der Waals surface area contributed by atoms with Gasteiger partial charge in [0, 0.05) is 28.9 Å². The van der Waals surface area contributed by atoms with E-state index in [1.165, 1.54) is 0 Å². The SMILES string of the molecule is CCC(=NC(C)C)C(C)=NC(C)C.[CH3-].[CH3-].[Co]. The molecule has 101 valence electrons. The van der Waals surface area contributed by atoms with E-state index in [0.717, 1.165) is 17.8 Å². The molecular formula is C13H28CoN2-2. The summed E-state index contributed by atoms with van der Waals surface area (Å²) in [4.78, 5) is 9.02. The Balaban J connectivity index is -0.000000240. The van der Waals surface area contributed by atoms with Gasteiger partial charge < -0.3 is 14.9 Å². The minimum absolute atomic E-state index is 0. The van der Waals surface area contributed by atoms with E-state index < -0.39 is 0 Å². The summed E-state index contributed by atoms with van der Waals surface area (Å²) in [6.07, 6.45) is 0.972. The first-order chi connectivity index (χ1) is 5.97. The average molecular weight is 271 g/mol. The van der Waals surface area contributed by atoms with Crippen LogP contribution in [0.25, 0.3) is 0 Å². The van der Waals surface area contributed by atoms with Crippen LogP contribution in [0.5, 0.6) is 0 Å². The Hall–Kier alpha value is -0.154. The van der Waals surface area contributed by atoms with E-state index in [4.69, 9.17) is 0 Å². The van der Waals surface area contributed by atoms with Crippen LogP contribution in [0.4, 0.5) is 0 Å². The molecule has 0 saturated heterocycles. The van der Waals surface area contributed by atoms with Crippen LogP contribution in [0, 0.1) is 14.9 Å². The second-order valence-corrected chi connectivity index (χ2v) is 3.83. The normalized spacial score (nSPS) is 11.8. The largest absolute Gasteiger partial charge is 0.358 e. The van der Waals surface area contributed by atoms with Crippen LogP contribution in [-0.2, 0) is 16.8 Å². The number of aliphatic imine (C=N–C) groups is 2. The average Bonchev–Trinajstić information content (AvgIpc) is 1.98. The summed E-state index contributed by atoms with van der Waals surface area (Å²) in [5.41, 5.74) is 2.23. The van der Waals surface area contributed by atoms with Crippen LogP contribution in [0.2, 0.25) is 0 Å². The molecule has 0 aromatic heterocycles. The topological polar surface area (TPSA) is 24.7 Å². The van der Waals surface area contributed by atoms with E-state index in [0.29, 0.717) is 12.1 Å². The summed E-state index contributed by atoms with van der Waals surface area (Å²) in [7, 11) is 0. The van der Waals surface area contributed by atoms with Crippen molar-refractivity contribution in [3.63, 3.8) is 0 Å². The molecule has 0 unspecified atom stereocenters. The van der Waals surface area contributed by atoms with Crippen molar-refractivity contribution in [2.24, 2.45) is 9.98 Å². The first-order valence-corrected chi connectivity index (χ1v) is 5.08. The molecule has 3 heteroatoms. The minimum atomic E-state index is 0. The Morgan fingerprint density at radius 1 is 0.938 bits per heavy atom. The molecule has 0 fully saturated rings. The Morgan fingerprint density at radius 3 is 1.56 bits per heavy atom. The van der Waals surface area contributed by atoms with Gasteiger partial charge in [0.2, 0.25) is 0 Å². The van der Waals surface area contributed by atoms with Crippen LogP contribution < -0.4 is 0 Å². The zero-order chi connectivity index (χ0) is 10.4. The minimum Gasteiger partial charge on any atom is -0.358 e. The van der Waals surface area contributed by atoms with E-state index in [-0.39, 0.29) is 31.6 Å². The number of hydrogen-bond donors (Lipinski definition) is 0. The predicted molar refractivity (Wildman–Crippen MR) is 73.9 cm³/mol. The second-order valence-electron chi connectivity index (χ2n) is 3.83. The number of rotatable bonds is 4. The van der Waals surface area contributed by atoms with Gasteiger partial charge in [-0.05, 0) is 41.0 Å². The monoisotopic (exact) mass is 271 g/mol. The Bertz CT molecular complexity index is 206. The van der Waals surface area contributed by atoms with Crippen LogP contribution in [0.3, 0.4) is 0 Å². The molecule has 0 heterocycles. The Kier molecular flexibility index (Phi) is 20.1. The van der Waals surface area contributed by atoms with Crippen molar-refractivity contribution in [2.75, 3.05) is 0 Å². The Morgan fingerprint density at radius 2 is 1.31 bits per heavy atom. The van der Waals surface area contributed by atoms with Crippen LogP contribution in [0.1, 0.15) is 48.0 Å². The van der Waals surface area contributed by atoms with Gasteiger partial charge in [-0.2, -0.15) is 0 Å². The molecular weight excluding hydrogens is 243 g/mol. The van der Waals surface area contributed by atoms with Crippen molar-refractivity contribution in [3.8, 4) is 0 Å². The maximum absolute atomic E-state index is 4.53. The van der Waals surface area contributed by atoms with Gasteiger partial charge in [-0.15, -0.1) is 0 Å². The first-order valence-electron chi connectivity index (χ1n) is 5.08. The van der Waals surface area contributed by atoms with E-state index >= 15 is 0 Å². The Labute approximate surface area is 113 Å². The zero-order valence-corrected chi connectivity index (χ0v) is 13.1. The quantitative estimate of drug-likeness (QED) is 0.545. The van der Waals surface area contributed by atoms with Gasteiger partial charge in [-0.25, -0.2) is 0 Å². The van der Waals surface area contributed by atoms with Crippen molar-refractivity contribution in [3.05, 3.63) is 14.9 Å². The van der Waals surface area contributed by atoms with Crippen molar-refractivity contribution in [1.29, 1.82) is 0 Å². The maximum atomic E-state index is 4.53. The van der Waals surface area contributed by atoms with Crippen LogP contribution >= 0.6 is 0 Å². The predicted octanol–water partition coefficient (Wildman–Crippen LogP) is 4.01. The molecule has 0 saturated carbocycles. The molecule has 2 nitrogen and oxygen atoms in total. The summed E-state index contributed by atoms with van der Waals surface area (Å²) in [5.74, 6) is 0. The fraction of sp³-hybridized carbons (Fsp3) is 0.692. The molecule has 0 aliphatic heterocycles. The van der Waals surface area contributed by atoms with Gasteiger partial charge in [0.1, 0.15) is 0 Å². The molecule has 0 aromatic rings. The molecule has 0 atom stereocenters. The molecule has 0 N–H and O–H groups in total. The van der Waals surface area contributed by atoms with Gasteiger partial charge in [0.05, 0.1) is 11.4 Å². The standard InChI is InChI=1S/C11H22N2.2CH3.Co/c1-7-11(13-9(4)5)10(6)12-8(2)3;;;/h8-9H,7H2,1-6H3;2*1H3;/q;2*-1;. The molecule has 1 radical (unpaired) electrons. The summed E-state index contributed by atoms with van der Waals surface area (Å²) >= 11 is 0. The summed E-state index contributed by atoms with van der Waals surface area (Å²) in [6.45, 7) is 12.5. The molecule has 0 amide bonds. The maximum Gasteiger partial charge on any atom is 0.0556 e. The van der Waals surface area contributed by atoms with Crippen molar-refractivity contribution >= 4 is 11.4 Å². The molecule has 0 aromatic carbocycles. The third-order valence-electron chi connectivity index (χ3n) is 1.62. The van der Waals surface area contributed by atoms with E-state index in [1.807, 2.05) is 6.92 Å². The van der Waals surface area contributed by atoms with Crippen LogP contribution in [0.15, 0.2) is 9.98 Å². The fourth-order valence-corrected chi connectivity index (χ4v) is 1.21. The van der Waals surface area contributed by atoms with E-state index in [1.54, 1.807) is 0 Å². The molecule has 0 aliphatic carbocycles.